The molecule has 0 bridgehead atoms. The zero-order chi connectivity index (χ0) is 44.4. The normalized spacial score (nSPS) is 13.8. The third-order valence-corrected chi connectivity index (χ3v) is 10.7. The predicted octanol–water partition coefficient (Wildman–Crippen LogP) is 1.95. The van der Waals surface area contributed by atoms with Crippen molar-refractivity contribution in [3.8, 4) is 0 Å². The average molecular weight is 880 g/mol. The van der Waals surface area contributed by atoms with E-state index in [0.29, 0.717) is 127 Å². The maximum Gasteiger partial charge on any atom is 0.254 e. The Labute approximate surface area is 371 Å². The van der Waals surface area contributed by atoms with Gasteiger partial charge in [-0.2, -0.15) is 0 Å². The van der Waals surface area contributed by atoms with Crippen molar-refractivity contribution in [2.24, 2.45) is 0 Å². The number of amides is 2. The van der Waals surface area contributed by atoms with Crippen LogP contribution in [0.5, 0.6) is 0 Å². The number of nitrogen functional groups attached to an aromatic ring is 1. The number of rotatable bonds is 25. The number of nitrogens with one attached hydrogen (secondary N) is 5. The fourth-order valence-electron chi connectivity index (χ4n) is 7.22. The summed E-state index contributed by atoms with van der Waals surface area (Å²) in [5.41, 5.74) is 12.0. The summed E-state index contributed by atoms with van der Waals surface area (Å²) in [7, 11) is 0. The maximum atomic E-state index is 13.0. The van der Waals surface area contributed by atoms with Crippen LogP contribution in [0, 0.1) is 5.41 Å². The SMILES string of the molecule is N=C(c1cnc2[nH]ccc2c1)c1c(N)ncnc1NCc1ccc2c(c1)CCN(C(=O)CCOCCOCCOCCOCCOCCNC(=O)c1cnc(N3CCNCC3)nc1)C2. The number of ether oxygens (including phenoxy) is 5. The number of aromatic amines is 1. The minimum Gasteiger partial charge on any atom is -0.383 e. The third kappa shape index (κ3) is 13.2. The molecule has 0 spiro atoms. The van der Waals surface area contributed by atoms with Gasteiger partial charge in [0.2, 0.25) is 11.9 Å². The van der Waals surface area contributed by atoms with Crippen LogP contribution in [-0.4, -0.2) is 158 Å². The van der Waals surface area contributed by atoms with Crippen molar-refractivity contribution in [1.82, 2.24) is 45.4 Å². The summed E-state index contributed by atoms with van der Waals surface area (Å²) in [4.78, 5) is 54.0. The summed E-state index contributed by atoms with van der Waals surface area (Å²) in [6.07, 6.45) is 8.99. The molecule has 1 saturated heterocycles. The zero-order valence-electron chi connectivity index (χ0n) is 36.0. The van der Waals surface area contributed by atoms with Gasteiger partial charge in [0.05, 0.1) is 89.3 Å². The van der Waals surface area contributed by atoms with Crippen LogP contribution in [0.3, 0.4) is 0 Å². The quantitative estimate of drug-likeness (QED) is 0.0362. The van der Waals surface area contributed by atoms with E-state index in [1.54, 1.807) is 18.6 Å². The van der Waals surface area contributed by atoms with Crippen molar-refractivity contribution in [3.63, 3.8) is 0 Å². The molecule has 0 aliphatic carbocycles. The standard InChI is InChI=1S/C44H57N13O7/c45-39(35-24-33-3-6-48-41(33)51-26-35)38-40(46)54-30-55-42(38)50-25-31-1-2-34-29-57(10-4-32(34)23-31)37(58)5-13-60-15-17-62-19-21-64-22-20-63-18-16-61-14-9-49-43(59)36-27-52-44(53-28-36)56-11-7-47-8-12-56/h1-3,6,23-24,26-28,30,45,47H,4-5,7-22,25,29H2,(H,48,51)(H,49,59)(H3,46,50,54,55). The van der Waals surface area contributed by atoms with Gasteiger partial charge in [-0.3, -0.25) is 15.0 Å². The Morgan fingerprint density at radius 2 is 1.45 bits per heavy atom. The highest BCUT2D eigenvalue weighted by Gasteiger charge is 2.22. The molecule has 7 rings (SSSR count). The topological polar surface area (TPSA) is 253 Å². The predicted molar refractivity (Wildman–Crippen MR) is 240 cm³/mol. The molecule has 20 heteroatoms. The number of anilines is 3. The molecular formula is C44H57N13O7. The highest BCUT2D eigenvalue weighted by atomic mass is 16.6. The Balaban J connectivity index is 0.674. The first-order valence-electron chi connectivity index (χ1n) is 21.6. The number of hydrogen-bond donors (Lipinski definition) is 6. The van der Waals surface area contributed by atoms with Crippen LogP contribution in [0.25, 0.3) is 11.0 Å². The molecule has 2 aliphatic rings. The number of hydrogen-bond acceptors (Lipinski definition) is 17. The van der Waals surface area contributed by atoms with Gasteiger partial charge in [0.1, 0.15) is 23.6 Å². The largest absolute Gasteiger partial charge is 0.383 e. The highest BCUT2D eigenvalue weighted by molar-refractivity contribution is 6.16. The Morgan fingerprint density at radius 3 is 2.19 bits per heavy atom. The molecule has 1 fully saturated rings. The molecule has 0 saturated carbocycles. The molecule has 20 nitrogen and oxygen atoms in total. The van der Waals surface area contributed by atoms with Gasteiger partial charge < -0.3 is 60.2 Å². The van der Waals surface area contributed by atoms with Crippen molar-refractivity contribution < 1.29 is 33.3 Å². The van der Waals surface area contributed by atoms with Gasteiger partial charge >= 0.3 is 0 Å². The Morgan fingerprint density at radius 1 is 0.766 bits per heavy atom. The molecule has 4 aromatic heterocycles. The first-order chi connectivity index (χ1) is 31.4. The number of nitrogens with zero attached hydrogens (tertiary/aromatic N) is 7. The molecule has 340 valence electrons. The lowest BCUT2D eigenvalue weighted by Gasteiger charge is -2.29. The highest BCUT2D eigenvalue weighted by Crippen LogP contribution is 2.25. The molecule has 7 N–H and O–H groups in total. The van der Waals surface area contributed by atoms with Crippen molar-refractivity contribution in [2.45, 2.75) is 25.9 Å². The molecule has 1 aromatic carbocycles. The fraction of sp³-hybridized carbons (Fsp3) is 0.455. The monoisotopic (exact) mass is 879 g/mol. The van der Waals surface area contributed by atoms with E-state index in [0.717, 1.165) is 54.8 Å². The van der Waals surface area contributed by atoms with Crippen LogP contribution in [0.15, 0.2) is 61.4 Å². The summed E-state index contributed by atoms with van der Waals surface area (Å²) in [5.74, 6) is 1.14. The van der Waals surface area contributed by atoms with Gasteiger partial charge in [0.25, 0.3) is 5.91 Å². The maximum absolute atomic E-state index is 13.0. The number of piperazine rings is 1. The fourth-order valence-corrected chi connectivity index (χ4v) is 7.22. The van der Waals surface area contributed by atoms with Crippen LogP contribution in [0.2, 0.25) is 0 Å². The van der Waals surface area contributed by atoms with E-state index < -0.39 is 0 Å². The van der Waals surface area contributed by atoms with Crippen molar-refractivity contribution in [1.29, 1.82) is 5.41 Å². The number of benzene rings is 1. The van der Waals surface area contributed by atoms with Gasteiger partial charge in [-0.05, 0) is 35.2 Å². The summed E-state index contributed by atoms with van der Waals surface area (Å²) in [5, 5.41) is 19.2. The second kappa shape index (κ2) is 24.1. The summed E-state index contributed by atoms with van der Waals surface area (Å²) in [6.45, 7) is 9.57. The number of carbonyl (C=O) groups is 2. The molecule has 0 radical (unpaired) electrons. The minimum atomic E-state index is -0.237. The van der Waals surface area contributed by atoms with Gasteiger partial charge in [0, 0.05) is 88.1 Å². The van der Waals surface area contributed by atoms with Crippen molar-refractivity contribution >= 4 is 46.1 Å². The van der Waals surface area contributed by atoms with Crippen LogP contribution >= 0.6 is 0 Å². The molecule has 64 heavy (non-hydrogen) atoms. The summed E-state index contributed by atoms with van der Waals surface area (Å²) in [6, 6.07) is 10.1. The second-order valence-corrected chi connectivity index (χ2v) is 15.1. The zero-order valence-corrected chi connectivity index (χ0v) is 36.0. The lowest BCUT2D eigenvalue weighted by Crippen LogP contribution is -2.44. The van der Waals surface area contributed by atoms with E-state index >= 15 is 0 Å². The Kier molecular flexibility index (Phi) is 17.2. The Hall–Kier alpha value is -6.16. The average Bonchev–Trinajstić information content (AvgIpc) is 3.81. The lowest BCUT2D eigenvalue weighted by atomic mass is 9.97. The van der Waals surface area contributed by atoms with Gasteiger partial charge in [-0.1, -0.05) is 18.2 Å². The first-order valence-corrected chi connectivity index (χ1v) is 21.6. The van der Waals surface area contributed by atoms with E-state index in [9.17, 15) is 9.59 Å². The molecule has 2 amide bonds. The van der Waals surface area contributed by atoms with Crippen LogP contribution in [0.4, 0.5) is 17.6 Å². The van der Waals surface area contributed by atoms with Crippen LogP contribution in [-0.2, 0) is 48.0 Å². The van der Waals surface area contributed by atoms with E-state index in [1.807, 2.05) is 29.3 Å². The van der Waals surface area contributed by atoms with Crippen LogP contribution in [0.1, 0.15) is 44.6 Å². The second-order valence-electron chi connectivity index (χ2n) is 15.1. The smallest absolute Gasteiger partial charge is 0.254 e. The van der Waals surface area contributed by atoms with E-state index in [-0.39, 0.29) is 23.3 Å². The summed E-state index contributed by atoms with van der Waals surface area (Å²) >= 11 is 0. The molecular weight excluding hydrogens is 823 g/mol. The Bertz CT molecular complexity index is 2290. The van der Waals surface area contributed by atoms with Gasteiger partial charge in [-0.15, -0.1) is 0 Å². The molecule has 2 aliphatic heterocycles. The molecule has 5 aromatic rings. The summed E-state index contributed by atoms with van der Waals surface area (Å²) < 4.78 is 27.8. The number of pyridine rings is 1. The number of fused-ring (bicyclic) bond motifs is 2. The van der Waals surface area contributed by atoms with E-state index in [4.69, 9.17) is 34.8 Å². The number of aromatic nitrogens is 6. The minimum absolute atomic E-state index is 0.0601. The number of carbonyl (C=O) groups excluding carboxylic acids is 2. The van der Waals surface area contributed by atoms with E-state index in [2.05, 4.69) is 62.9 Å². The third-order valence-electron chi connectivity index (χ3n) is 10.7. The molecule has 6 heterocycles. The molecule has 0 unspecified atom stereocenters. The van der Waals surface area contributed by atoms with Crippen molar-refractivity contribution in [2.75, 3.05) is 121 Å². The number of H-pyrrole nitrogens is 1. The van der Waals surface area contributed by atoms with Crippen molar-refractivity contribution in [3.05, 3.63) is 94.8 Å². The molecule has 0 atom stereocenters. The van der Waals surface area contributed by atoms with Gasteiger partial charge in [0.15, 0.2) is 0 Å². The number of nitrogens with two attached hydrogens (primary N) is 1. The van der Waals surface area contributed by atoms with E-state index in [1.165, 1.54) is 11.9 Å². The first kappa shape index (κ1) is 45.9. The van der Waals surface area contributed by atoms with Gasteiger partial charge in [-0.25, -0.2) is 24.9 Å². The van der Waals surface area contributed by atoms with Crippen LogP contribution < -0.4 is 26.6 Å². The lowest BCUT2D eigenvalue weighted by molar-refractivity contribution is -0.133.